The molecule has 2 aliphatic rings. The molecule has 2 aromatic rings. The van der Waals surface area contributed by atoms with Crippen molar-refractivity contribution in [3.05, 3.63) is 42.0 Å². The molecule has 29 heavy (non-hydrogen) atoms. The Morgan fingerprint density at radius 3 is 2.76 bits per heavy atom. The lowest BCUT2D eigenvalue weighted by Gasteiger charge is -2.41. The molecule has 2 atom stereocenters. The van der Waals surface area contributed by atoms with Crippen LogP contribution >= 0.6 is 0 Å². The number of nitrogens with one attached hydrogen (secondary N) is 1. The average Bonchev–Trinajstić information content (AvgIpc) is 2.77. The molecule has 0 saturated carbocycles. The van der Waals surface area contributed by atoms with E-state index in [1.54, 1.807) is 7.11 Å². The van der Waals surface area contributed by atoms with E-state index in [4.69, 9.17) is 4.74 Å². The Balaban J connectivity index is 1.48. The molecule has 0 aromatic heterocycles. The average molecular weight is 396 g/mol. The fourth-order valence-electron chi connectivity index (χ4n) is 4.47. The largest absolute Gasteiger partial charge is 0.497 e. The normalized spacial score (nSPS) is 21.3. The molecule has 154 valence electrons. The van der Waals surface area contributed by atoms with Gasteiger partial charge in [0.1, 0.15) is 5.75 Å². The molecule has 6 heteroatoms. The number of likely N-dealkylation sites (tertiary alicyclic amines) is 1. The second-order valence-electron chi connectivity index (χ2n) is 8.04. The maximum atomic E-state index is 13.2. The smallest absolute Gasteiger partial charge is 0.236 e. The zero-order chi connectivity index (χ0) is 20.4. The maximum absolute atomic E-state index is 13.2. The summed E-state index contributed by atoms with van der Waals surface area (Å²) in [6.45, 7) is 5.35. The van der Waals surface area contributed by atoms with Crippen LogP contribution < -0.4 is 10.1 Å². The van der Waals surface area contributed by atoms with E-state index in [2.05, 4.69) is 17.4 Å². The van der Waals surface area contributed by atoms with Crippen molar-refractivity contribution in [1.29, 1.82) is 0 Å². The first-order valence-electron chi connectivity index (χ1n) is 10.4. The first-order chi connectivity index (χ1) is 14.1. The number of amides is 2. The monoisotopic (exact) mass is 395 g/mol. The lowest BCUT2D eigenvalue weighted by atomic mass is 9.95. The standard InChI is InChI=1S/C23H29N3O3/c1-16(17-5-6-19-13-21(29-2)8-7-18(19)12-17)23(28)25-10-3-4-20(15-25)26-11-9-24-14-22(26)27/h5-8,12-13,16,20,24H,3-4,9-11,14-15H2,1-2H3. The van der Waals surface area contributed by atoms with Crippen molar-refractivity contribution in [3.63, 3.8) is 0 Å². The van der Waals surface area contributed by atoms with Gasteiger partial charge in [-0.05, 0) is 48.2 Å². The molecule has 0 spiro atoms. The second kappa shape index (κ2) is 8.41. The summed E-state index contributed by atoms with van der Waals surface area (Å²) in [5.74, 6) is 0.911. The predicted octanol–water partition coefficient (Wildman–Crippen LogP) is 2.37. The summed E-state index contributed by atoms with van der Waals surface area (Å²) in [5.41, 5.74) is 1.02. The Kier molecular flexibility index (Phi) is 5.72. The summed E-state index contributed by atoms with van der Waals surface area (Å²) in [6.07, 6.45) is 1.92. The summed E-state index contributed by atoms with van der Waals surface area (Å²) in [7, 11) is 1.66. The van der Waals surface area contributed by atoms with Crippen molar-refractivity contribution in [2.24, 2.45) is 0 Å². The van der Waals surface area contributed by atoms with Gasteiger partial charge in [-0.25, -0.2) is 0 Å². The van der Waals surface area contributed by atoms with Gasteiger partial charge in [0, 0.05) is 32.2 Å². The molecule has 0 radical (unpaired) electrons. The van der Waals surface area contributed by atoms with E-state index in [1.807, 2.05) is 41.0 Å². The van der Waals surface area contributed by atoms with Gasteiger partial charge in [-0.15, -0.1) is 0 Å². The number of fused-ring (bicyclic) bond motifs is 1. The first kappa shape index (κ1) is 19.7. The number of hydrogen-bond acceptors (Lipinski definition) is 4. The minimum Gasteiger partial charge on any atom is -0.497 e. The molecule has 2 aromatic carbocycles. The van der Waals surface area contributed by atoms with Crippen LogP contribution in [0.1, 0.15) is 31.2 Å². The van der Waals surface area contributed by atoms with Crippen LogP contribution in [0.5, 0.6) is 5.75 Å². The zero-order valence-electron chi connectivity index (χ0n) is 17.2. The number of benzene rings is 2. The van der Waals surface area contributed by atoms with Gasteiger partial charge in [0.2, 0.25) is 11.8 Å². The van der Waals surface area contributed by atoms with Gasteiger partial charge in [-0.1, -0.05) is 24.3 Å². The highest BCUT2D eigenvalue weighted by atomic mass is 16.5. The highest BCUT2D eigenvalue weighted by Crippen LogP contribution is 2.27. The molecular formula is C23H29N3O3. The minimum atomic E-state index is -0.209. The molecule has 2 saturated heterocycles. The number of rotatable bonds is 4. The van der Waals surface area contributed by atoms with Crippen molar-refractivity contribution < 1.29 is 14.3 Å². The molecule has 0 bridgehead atoms. The second-order valence-corrected chi connectivity index (χ2v) is 8.04. The Morgan fingerprint density at radius 1 is 1.17 bits per heavy atom. The van der Waals surface area contributed by atoms with E-state index in [-0.39, 0.29) is 23.8 Å². The van der Waals surface area contributed by atoms with E-state index in [9.17, 15) is 9.59 Å². The molecule has 2 unspecified atom stereocenters. The van der Waals surface area contributed by atoms with Gasteiger partial charge >= 0.3 is 0 Å². The van der Waals surface area contributed by atoms with Crippen LogP contribution in [0.4, 0.5) is 0 Å². The molecule has 2 aliphatic heterocycles. The van der Waals surface area contributed by atoms with Crippen LogP contribution in [-0.2, 0) is 9.59 Å². The minimum absolute atomic E-state index is 0.138. The third kappa shape index (κ3) is 4.08. The highest BCUT2D eigenvalue weighted by Gasteiger charge is 2.33. The van der Waals surface area contributed by atoms with E-state index in [0.29, 0.717) is 13.1 Å². The lowest BCUT2D eigenvalue weighted by molar-refractivity contribution is -0.141. The van der Waals surface area contributed by atoms with E-state index in [0.717, 1.165) is 54.6 Å². The number of nitrogens with zero attached hydrogens (tertiary/aromatic N) is 2. The molecule has 2 fully saturated rings. The third-order valence-electron chi connectivity index (χ3n) is 6.22. The van der Waals surface area contributed by atoms with Crippen molar-refractivity contribution in [2.75, 3.05) is 39.8 Å². The number of methoxy groups -OCH3 is 1. The van der Waals surface area contributed by atoms with Crippen molar-refractivity contribution in [2.45, 2.75) is 31.7 Å². The number of carbonyl (C=O) groups is 2. The van der Waals surface area contributed by atoms with Crippen LogP contribution in [-0.4, -0.2) is 67.5 Å². The molecule has 2 amide bonds. The predicted molar refractivity (Wildman–Crippen MR) is 113 cm³/mol. The van der Waals surface area contributed by atoms with Gasteiger partial charge in [-0.2, -0.15) is 0 Å². The summed E-state index contributed by atoms with van der Waals surface area (Å²) >= 11 is 0. The Morgan fingerprint density at radius 2 is 1.97 bits per heavy atom. The summed E-state index contributed by atoms with van der Waals surface area (Å²) in [6, 6.07) is 12.3. The van der Waals surface area contributed by atoms with Crippen molar-refractivity contribution >= 4 is 22.6 Å². The fourth-order valence-corrected chi connectivity index (χ4v) is 4.47. The van der Waals surface area contributed by atoms with E-state index in [1.165, 1.54) is 0 Å². The topological polar surface area (TPSA) is 61.9 Å². The number of piperazine rings is 1. The van der Waals surface area contributed by atoms with Gasteiger partial charge in [-0.3, -0.25) is 9.59 Å². The van der Waals surface area contributed by atoms with Crippen LogP contribution in [0.15, 0.2) is 36.4 Å². The van der Waals surface area contributed by atoms with Crippen LogP contribution in [0, 0.1) is 0 Å². The molecular weight excluding hydrogens is 366 g/mol. The Hall–Kier alpha value is -2.60. The number of hydrogen-bond donors (Lipinski definition) is 1. The fraction of sp³-hybridized carbons (Fsp3) is 0.478. The molecule has 4 rings (SSSR count). The van der Waals surface area contributed by atoms with Crippen LogP contribution in [0.2, 0.25) is 0 Å². The lowest BCUT2D eigenvalue weighted by Crippen LogP contribution is -2.57. The van der Waals surface area contributed by atoms with Gasteiger partial charge in [0.05, 0.1) is 19.6 Å². The first-order valence-corrected chi connectivity index (χ1v) is 10.4. The highest BCUT2D eigenvalue weighted by molar-refractivity contribution is 5.88. The van der Waals surface area contributed by atoms with E-state index < -0.39 is 0 Å². The SMILES string of the molecule is COc1ccc2cc(C(C)C(=O)N3CCCC(N4CCNCC4=O)C3)ccc2c1. The van der Waals surface area contributed by atoms with Gasteiger partial charge in [0.25, 0.3) is 0 Å². The Labute approximate surface area is 171 Å². The van der Waals surface area contributed by atoms with Crippen molar-refractivity contribution in [1.82, 2.24) is 15.1 Å². The van der Waals surface area contributed by atoms with E-state index >= 15 is 0 Å². The number of carbonyl (C=O) groups excluding carboxylic acids is 2. The summed E-state index contributed by atoms with van der Waals surface area (Å²) < 4.78 is 5.29. The summed E-state index contributed by atoms with van der Waals surface area (Å²) in [5, 5.41) is 5.32. The Bertz CT molecular complexity index is 913. The number of piperidine rings is 1. The van der Waals surface area contributed by atoms with Crippen LogP contribution in [0.3, 0.4) is 0 Å². The third-order valence-corrected chi connectivity index (χ3v) is 6.22. The zero-order valence-corrected chi connectivity index (χ0v) is 17.2. The number of ether oxygens (including phenoxy) is 1. The molecule has 0 aliphatic carbocycles. The van der Waals surface area contributed by atoms with Gasteiger partial charge < -0.3 is 19.9 Å². The summed E-state index contributed by atoms with van der Waals surface area (Å²) in [4.78, 5) is 29.4. The molecule has 6 nitrogen and oxygen atoms in total. The van der Waals surface area contributed by atoms with Crippen LogP contribution in [0.25, 0.3) is 10.8 Å². The van der Waals surface area contributed by atoms with Crippen molar-refractivity contribution in [3.8, 4) is 5.75 Å². The molecule has 1 N–H and O–H groups in total. The quantitative estimate of drug-likeness (QED) is 0.864. The van der Waals surface area contributed by atoms with Gasteiger partial charge in [0.15, 0.2) is 0 Å². The maximum Gasteiger partial charge on any atom is 0.236 e. The molecule has 2 heterocycles.